The van der Waals surface area contributed by atoms with Gasteiger partial charge >= 0.3 is 0 Å². The molecule has 1 amide bonds. The van der Waals surface area contributed by atoms with Crippen LogP contribution in [0.5, 0.6) is 5.75 Å². The van der Waals surface area contributed by atoms with Crippen molar-refractivity contribution in [2.24, 2.45) is 0 Å². The number of rotatable bonds is 5. The van der Waals surface area contributed by atoms with Gasteiger partial charge in [-0.3, -0.25) is 19.8 Å². The highest BCUT2D eigenvalue weighted by molar-refractivity contribution is 8.26. The molecule has 0 bridgehead atoms. The standard InChI is InChI=1S/C18H14N2O4S2/c1-19-17(21)16(26-18(19)25)10-13-4-2-3-5-15(13)24-11-12-6-8-14(9-7-12)20(22)23/h2-10H,11H2,1H3/b16-10+. The van der Waals surface area contributed by atoms with Crippen LogP contribution in [0.4, 0.5) is 5.69 Å². The van der Waals surface area contributed by atoms with Gasteiger partial charge in [-0.25, -0.2) is 0 Å². The Morgan fingerprint density at radius 1 is 1.23 bits per heavy atom. The molecule has 0 aliphatic carbocycles. The number of likely N-dealkylation sites (N-methyl/N-ethyl adjacent to an activating group) is 1. The molecule has 0 atom stereocenters. The van der Waals surface area contributed by atoms with Crippen LogP contribution in [0.25, 0.3) is 6.08 Å². The maximum atomic E-state index is 12.2. The molecule has 3 rings (SSSR count). The molecule has 2 aromatic rings. The average molecular weight is 386 g/mol. The first kappa shape index (κ1) is 18.1. The fourth-order valence-corrected chi connectivity index (χ4v) is 3.46. The van der Waals surface area contributed by atoms with Crippen LogP contribution in [-0.2, 0) is 11.4 Å². The van der Waals surface area contributed by atoms with Crippen LogP contribution >= 0.6 is 24.0 Å². The lowest BCUT2D eigenvalue weighted by atomic mass is 10.1. The number of para-hydroxylation sites is 1. The summed E-state index contributed by atoms with van der Waals surface area (Å²) >= 11 is 6.39. The van der Waals surface area contributed by atoms with Gasteiger partial charge in [0.05, 0.1) is 9.83 Å². The molecule has 0 saturated carbocycles. The molecule has 0 unspecified atom stereocenters. The predicted molar refractivity (Wildman–Crippen MR) is 105 cm³/mol. The zero-order valence-electron chi connectivity index (χ0n) is 13.7. The minimum Gasteiger partial charge on any atom is -0.488 e. The summed E-state index contributed by atoms with van der Waals surface area (Å²) < 4.78 is 6.36. The van der Waals surface area contributed by atoms with E-state index in [4.69, 9.17) is 17.0 Å². The molecule has 0 spiro atoms. The second-order valence-corrected chi connectivity index (χ2v) is 7.17. The second kappa shape index (κ2) is 7.67. The first-order valence-corrected chi connectivity index (χ1v) is 8.85. The number of non-ortho nitro benzene ring substituents is 1. The van der Waals surface area contributed by atoms with Gasteiger partial charge in [0.2, 0.25) is 0 Å². The Hall–Kier alpha value is -2.71. The number of carbonyl (C=O) groups excluding carboxylic acids is 1. The SMILES string of the molecule is CN1C(=O)/C(=C\c2ccccc2OCc2ccc([N+](=O)[O-])cc2)SC1=S. The van der Waals surface area contributed by atoms with E-state index < -0.39 is 4.92 Å². The third kappa shape index (κ3) is 3.92. The fraction of sp³-hybridized carbons (Fsp3) is 0.111. The van der Waals surface area contributed by atoms with E-state index in [9.17, 15) is 14.9 Å². The topological polar surface area (TPSA) is 72.7 Å². The van der Waals surface area contributed by atoms with Crippen molar-refractivity contribution >= 4 is 46.0 Å². The Labute approximate surface area is 159 Å². The average Bonchev–Trinajstić information content (AvgIpc) is 2.88. The van der Waals surface area contributed by atoms with Gasteiger partial charge in [-0.05, 0) is 29.8 Å². The third-order valence-corrected chi connectivity index (χ3v) is 5.22. The van der Waals surface area contributed by atoms with Crippen LogP contribution in [-0.4, -0.2) is 27.1 Å². The Balaban J connectivity index is 1.76. The highest BCUT2D eigenvalue weighted by Crippen LogP contribution is 2.33. The van der Waals surface area contributed by atoms with E-state index in [0.717, 1.165) is 11.1 Å². The predicted octanol–water partition coefficient (Wildman–Crippen LogP) is 4.00. The lowest BCUT2D eigenvalue weighted by Crippen LogP contribution is -2.22. The van der Waals surface area contributed by atoms with Crippen LogP contribution in [0.15, 0.2) is 53.4 Å². The molecular formula is C18H14N2O4S2. The van der Waals surface area contributed by atoms with E-state index in [0.29, 0.717) is 15.0 Å². The number of hydrogen-bond acceptors (Lipinski definition) is 6. The number of ether oxygens (including phenoxy) is 1. The molecule has 6 nitrogen and oxygen atoms in total. The number of thiocarbonyl (C=S) groups is 1. The molecule has 132 valence electrons. The van der Waals surface area contributed by atoms with Gasteiger partial charge in [0.15, 0.2) is 0 Å². The van der Waals surface area contributed by atoms with Gasteiger partial charge in [0.25, 0.3) is 11.6 Å². The summed E-state index contributed by atoms with van der Waals surface area (Å²) in [6, 6.07) is 13.6. The lowest BCUT2D eigenvalue weighted by Gasteiger charge is -2.09. The molecule has 1 fully saturated rings. The second-order valence-electron chi connectivity index (χ2n) is 5.49. The van der Waals surface area contributed by atoms with Gasteiger partial charge < -0.3 is 4.74 Å². The van der Waals surface area contributed by atoms with Gasteiger partial charge in [-0.15, -0.1) is 0 Å². The number of thioether (sulfide) groups is 1. The van der Waals surface area contributed by atoms with Gasteiger partial charge in [0.1, 0.15) is 16.7 Å². The maximum absolute atomic E-state index is 12.2. The van der Waals surface area contributed by atoms with Crippen molar-refractivity contribution in [1.82, 2.24) is 4.90 Å². The molecule has 26 heavy (non-hydrogen) atoms. The summed E-state index contributed by atoms with van der Waals surface area (Å²) in [6.07, 6.45) is 1.76. The zero-order valence-corrected chi connectivity index (χ0v) is 15.4. The summed E-state index contributed by atoms with van der Waals surface area (Å²) in [4.78, 5) is 24.4. The smallest absolute Gasteiger partial charge is 0.269 e. The normalized spacial score (nSPS) is 15.6. The minimum atomic E-state index is -0.441. The van der Waals surface area contributed by atoms with Crippen molar-refractivity contribution in [3.63, 3.8) is 0 Å². The van der Waals surface area contributed by atoms with Crippen molar-refractivity contribution in [2.75, 3.05) is 7.05 Å². The summed E-state index contributed by atoms with van der Waals surface area (Å²) in [5, 5.41) is 10.7. The molecule has 1 heterocycles. The molecule has 1 saturated heterocycles. The minimum absolute atomic E-state index is 0.0377. The summed E-state index contributed by atoms with van der Waals surface area (Å²) in [5.41, 5.74) is 1.62. The van der Waals surface area contributed by atoms with Crippen molar-refractivity contribution in [2.45, 2.75) is 6.61 Å². The number of nitro benzene ring substituents is 1. The van der Waals surface area contributed by atoms with Crippen LogP contribution in [0, 0.1) is 10.1 Å². The number of hydrogen-bond donors (Lipinski definition) is 0. The molecule has 0 radical (unpaired) electrons. The van der Waals surface area contributed by atoms with Gasteiger partial charge in [-0.1, -0.05) is 42.2 Å². The summed E-state index contributed by atoms with van der Waals surface area (Å²) in [6.45, 7) is 0.261. The Morgan fingerprint density at radius 3 is 2.54 bits per heavy atom. The molecule has 0 N–H and O–H groups in total. The number of carbonyl (C=O) groups is 1. The van der Waals surface area contributed by atoms with Crippen molar-refractivity contribution < 1.29 is 14.5 Å². The first-order valence-electron chi connectivity index (χ1n) is 7.62. The molecule has 2 aromatic carbocycles. The first-order chi connectivity index (χ1) is 12.5. The zero-order chi connectivity index (χ0) is 18.7. The highest BCUT2D eigenvalue weighted by atomic mass is 32.2. The number of amides is 1. The molecule has 1 aliphatic heterocycles. The van der Waals surface area contributed by atoms with Crippen LogP contribution in [0.1, 0.15) is 11.1 Å². The van der Waals surface area contributed by atoms with E-state index in [1.807, 2.05) is 24.3 Å². The quantitative estimate of drug-likeness (QED) is 0.335. The van der Waals surface area contributed by atoms with Gasteiger partial charge in [0, 0.05) is 24.7 Å². The van der Waals surface area contributed by atoms with Crippen LogP contribution in [0.2, 0.25) is 0 Å². The van der Waals surface area contributed by atoms with E-state index in [1.165, 1.54) is 28.8 Å². The fourth-order valence-electron chi connectivity index (χ4n) is 2.29. The Morgan fingerprint density at radius 2 is 1.92 bits per heavy atom. The molecule has 8 heteroatoms. The molecule has 1 aliphatic rings. The van der Waals surface area contributed by atoms with Crippen molar-refractivity contribution in [1.29, 1.82) is 0 Å². The molecular weight excluding hydrogens is 372 g/mol. The van der Waals surface area contributed by atoms with Crippen molar-refractivity contribution in [3.05, 3.63) is 74.7 Å². The summed E-state index contributed by atoms with van der Waals surface area (Å²) in [5.74, 6) is 0.484. The lowest BCUT2D eigenvalue weighted by molar-refractivity contribution is -0.384. The maximum Gasteiger partial charge on any atom is 0.269 e. The summed E-state index contributed by atoms with van der Waals surface area (Å²) in [7, 11) is 1.65. The van der Waals surface area contributed by atoms with Crippen LogP contribution in [0.3, 0.4) is 0 Å². The van der Waals surface area contributed by atoms with Gasteiger partial charge in [-0.2, -0.15) is 0 Å². The van der Waals surface area contributed by atoms with E-state index in [1.54, 1.807) is 25.3 Å². The number of benzene rings is 2. The van der Waals surface area contributed by atoms with E-state index >= 15 is 0 Å². The number of nitro groups is 1. The highest BCUT2D eigenvalue weighted by Gasteiger charge is 2.28. The van der Waals surface area contributed by atoms with E-state index in [2.05, 4.69) is 0 Å². The molecule has 0 aromatic heterocycles. The third-order valence-electron chi connectivity index (χ3n) is 3.73. The number of nitrogens with zero attached hydrogens (tertiary/aromatic N) is 2. The van der Waals surface area contributed by atoms with Crippen molar-refractivity contribution in [3.8, 4) is 5.75 Å². The Kier molecular flexibility index (Phi) is 5.34. The Bertz CT molecular complexity index is 910. The van der Waals surface area contributed by atoms with Crippen LogP contribution < -0.4 is 4.74 Å². The monoisotopic (exact) mass is 386 g/mol. The largest absolute Gasteiger partial charge is 0.488 e. The van der Waals surface area contributed by atoms with E-state index in [-0.39, 0.29) is 18.2 Å².